The van der Waals surface area contributed by atoms with Gasteiger partial charge in [0.1, 0.15) is 11.5 Å². The van der Waals surface area contributed by atoms with E-state index in [-0.39, 0.29) is 11.7 Å². The van der Waals surface area contributed by atoms with Gasteiger partial charge < -0.3 is 19.6 Å². The van der Waals surface area contributed by atoms with Crippen molar-refractivity contribution in [3.63, 3.8) is 0 Å². The van der Waals surface area contributed by atoms with Crippen molar-refractivity contribution in [2.45, 2.75) is 26.2 Å². The molecule has 0 bridgehead atoms. The van der Waals surface area contributed by atoms with Gasteiger partial charge in [0.25, 0.3) is 0 Å². The Morgan fingerprint density at radius 2 is 2.04 bits per heavy atom. The molecule has 0 saturated heterocycles. The Morgan fingerprint density at radius 1 is 1.26 bits per heavy atom. The highest BCUT2D eigenvalue weighted by molar-refractivity contribution is 5.91. The molecule has 23 heavy (non-hydrogen) atoms. The molecule has 1 amide bonds. The van der Waals surface area contributed by atoms with Gasteiger partial charge in [0.15, 0.2) is 0 Å². The highest BCUT2D eigenvalue weighted by Gasteiger charge is 2.14. The van der Waals surface area contributed by atoms with Crippen LogP contribution in [-0.4, -0.2) is 24.1 Å². The number of rotatable bonds is 7. The summed E-state index contributed by atoms with van der Waals surface area (Å²) >= 11 is 0. The van der Waals surface area contributed by atoms with Crippen LogP contribution in [-0.2, 0) is 4.79 Å². The molecule has 122 valence electrons. The highest BCUT2D eigenvalue weighted by atomic mass is 16.5. The molecule has 0 fully saturated rings. The van der Waals surface area contributed by atoms with Crippen molar-refractivity contribution in [1.82, 2.24) is 0 Å². The van der Waals surface area contributed by atoms with E-state index in [0.717, 1.165) is 12.8 Å². The first-order valence-electron chi connectivity index (χ1n) is 7.36. The monoisotopic (exact) mass is 317 g/mol. The van der Waals surface area contributed by atoms with E-state index in [9.17, 15) is 9.59 Å². The van der Waals surface area contributed by atoms with E-state index in [1.807, 2.05) is 6.92 Å². The number of nitrogens with one attached hydrogen (secondary N) is 1. The molecule has 6 nitrogen and oxygen atoms in total. The number of carbonyl (C=O) groups excluding carboxylic acids is 1. The summed E-state index contributed by atoms with van der Waals surface area (Å²) in [6.07, 6.45) is 2.27. The van der Waals surface area contributed by atoms with Crippen molar-refractivity contribution in [2.75, 3.05) is 12.4 Å². The number of furan rings is 1. The number of carboxylic acid groups (broad SMARTS) is 1. The zero-order chi connectivity index (χ0) is 16.8. The van der Waals surface area contributed by atoms with E-state index in [1.165, 1.54) is 13.2 Å². The number of hydrogen-bond donors (Lipinski definition) is 2. The summed E-state index contributed by atoms with van der Waals surface area (Å²) in [5.74, 6) is -0.436. The number of aromatic carboxylic acids is 1. The summed E-state index contributed by atoms with van der Waals surface area (Å²) in [5, 5.41) is 11.7. The molecule has 1 heterocycles. The first-order chi connectivity index (χ1) is 11.0. The molecule has 0 spiro atoms. The molecule has 2 aromatic rings. The molecule has 6 heteroatoms. The van der Waals surface area contributed by atoms with E-state index in [4.69, 9.17) is 14.3 Å². The van der Waals surface area contributed by atoms with Gasteiger partial charge in [-0.25, -0.2) is 4.79 Å². The minimum Gasteiger partial charge on any atom is -0.496 e. The van der Waals surface area contributed by atoms with Crippen molar-refractivity contribution >= 4 is 17.6 Å². The molecule has 1 aromatic heterocycles. The summed E-state index contributed by atoms with van der Waals surface area (Å²) in [5.41, 5.74) is 1.24. The Kier molecular flexibility index (Phi) is 5.41. The first-order valence-corrected chi connectivity index (χ1v) is 7.36. The second-order valence-electron chi connectivity index (χ2n) is 5.04. The molecule has 2 rings (SSSR count). The highest BCUT2D eigenvalue weighted by Crippen LogP contribution is 2.33. The van der Waals surface area contributed by atoms with E-state index >= 15 is 0 Å². The van der Waals surface area contributed by atoms with Gasteiger partial charge in [0.05, 0.1) is 12.7 Å². The molecule has 0 atom stereocenters. The number of carboxylic acids is 1. The van der Waals surface area contributed by atoms with Crippen LogP contribution >= 0.6 is 0 Å². The third-order valence-electron chi connectivity index (χ3n) is 3.32. The third kappa shape index (κ3) is 4.12. The standard InChI is InChI=1S/C17H19NO5/c1-3-4-5-16(19)18-11-6-7-12(15(10-11)22-2)13-8-9-14(23-13)17(20)21/h6-10H,3-5H2,1-2H3,(H,18,19)(H,20,21). The Balaban J connectivity index is 2.22. The SMILES string of the molecule is CCCCC(=O)Nc1ccc(-c2ccc(C(=O)O)o2)c(OC)c1. The Hall–Kier alpha value is -2.76. The van der Waals surface area contributed by atoms with Crippen molar-refractivity contribution in [1.29, 1.82) is 0 Å². The molecule has 0 unspecified atom stereocenters. The van der Waals surface area contributed by atoms with Gasteiger partial charge in [0, 0.05) is 18.2 Å². The average molecular weight is 317 g/mol. The maximum absolute atomic E-state index is 11.8. The molecule has 0 aliphatic carbocycles. The number of anilines is 1. The lowest BCUT2D eigenvalue weighted by atomic mass is 10.1. The van der Waals surface area contributed by atoms with Crippen molar-refractivity contribution in [2.24, 2.45) is 0 Å². The van der Waals surface area contributed by atoms with Gasteiger partial charge in [-0.1, -0.05) is 13.3 Å². The average Bonchev–Trinajstić information content (AvgIpc) is 3.02. The van der Waals surface area contributed by atoms with Gasteiger partial charge in [0.2, 0.25) is 11.7 Å². The van der Waals surface area contributed by atoms with Crippen LogP contribution in [0.1, 0.15) is 36.7 Å². The maximum atomic E-state index is 11.8. The Bertz CT molecular complexity index is 705. The lowest BCUT2D eigenvalue weighted by Gasteiger charge is -2.10. The number of hydrogen-bond acceptors (Lipinski definition) is 4. The van der Waals surface area contributed by atoms with Crippen LogP contribution < -0.4 is 10.1 Å². The zero-order valence-electron chi connectivity index (χ0n) is 13.1. The minimum atomic E-state index is -1.13. The predicted molar refractivity (Wildman–Crippen MR) is 85.8 cm³/mol. The largest absolute Gasteiger partial charge is 0.496 e. The normalized spacial score (nSPS) is 10.3. The van der Waals surface area contributed by atoms with Crippen LogP contribution in [0.5, 0.6) is 5.75 Å². The fourth-order valence-electron chi connectivity index (χ4n) is 2.13. The molecule has 0 saturated carbocycles. The zero-order valence-corrected chi connectivity index (χ0v) is 13.1. The summed E-state index contributed by atoms with van der Waals surface area (Å²) in [6, 6.07) is 8.09. The van der Waals surface area contributed by atoms with E-state index in [2.05, 4.69) is 5.32 Å². The second-order valence-corrected chi connectivity index (χ2v) is 5.04. The Labute approximate surface area is 134 Å². The number of unbranched alkanes of at least 4 members (excludes halogenated alkanes) is 1. The molecule has 0 aliphatic rings. The van der Waals surface area contributed by atoms with Crippen LogP contribution in [0.25, 0.3) is 11.3 Å². The third-order valence-corrected chi connectivity index (χ3v) is 3.32. The maximum Gasteiger partial charge on any atom is 0.371 e. The van der Waals surface area contributed by atoms with Crippen LogP contribution in [0.4, 0.5) is 5.69 Å². The van der Waals surface area contributed by atoms with Crippen molar-refractivity contribution in [3.05, 3.63) is 36.1 Å². The van der Waals surface area contributed by atoms with E-state index in [1.54, 1.807) is 24.3 Å². The summed E-state index contributed by atoms with van der Waals surface area (Å²) in [4.78, 5) is 22.7. The van der Waals surface area contributed by atoms with Crippen molar-refractivity contribution < 1.29 is 23.8 Å². The molecule has 0 aliphatic heterocycles. The lowest BCUT2D eigenvalue weighted by molar-refractivity contribution is -0.116. The fourth-order valence-corrected chi connectivity index (χ4v) is 2.13. The summed E-state index contributed by atoms with van der Waals surface area (Å²) in [7, 11) is 1.50. The van der Waals surface area contributed by atoms with Crippen LogP contribution in [0.3, 0.4) is 0 Å². The molecular formula is C17H19NO5. The summed E-state index contributed by atoms with van der Waals surface area (Å²) in [6.45, 7) is 2.03. The van der Waals surface area contributed by atoms with E-state index in [0.29, 0.717) is 29.2 Å². The summed E-state index contributed by atoms with van der Waals surface area (Å²) < 4.78 is 10.6. The Morgan fingerprint density at radius 3 is 2.65 bits per heavy atom. The number of ether oxygens (including phenoxy) is 1. The molecule has 0 radical (unpaired) electrons. The molecular weight excluding hydrogens is 298 g/mol. The second kappa shape index (κ2) is 7.49. The van der Waals surface area contributed by atoms with Crippen LogP contribution in [0.15, 0.2) is 34.7 Å². The predicted octanol–water partition coefficient (Wildman–Crippen LogP) is 3.78. The topological polar surface area (TPSA) is 88.8 Å². The van der Waals surface area contributed by atoms with Gasteiger partial charge in [-0.05, 0) is 30.7 Å². The number of amides is 1. The number of benzene rings is 1. The minimum absolute atomic E-state index is 0.0483. The first kappa shape index (κ1) is 16.6. The molecule has 2 N–H and O–H groups in total. The van der Waals surface area contributed by atoms with Crippen molar-refractivity contribution in [3.8, 4) is 17.1 Å². The van der Waals surface area contributed by atoms with Crippen LogP contribution in [0, 0.1) is 0 Å². The van der Waals surface area contributed by atoms with Gasteiger partial charge in [-0.2, -0.15) is 0 Å². The van der Waals surface area contributed by atoms with Gasteiger partial charge in [-0.15, -0.1) is 0 Å². The van der Waals surface area contributed by atoms with Gasteiger partial charge >= 0.3 is 5.97 Å². The lowest BCUT2D eigenvalue weighted by Crippen LogP contribution is -2.11. The van der Waals surface area contributed by atoms with E-state index < -0.39 is 5.97 Å². The fraction of sp³-hybridized carbons (Fsp3) is 0.294. The molecule has 1 aromatic carbocycles. The van der Waals surface area contributed by atoms with Gasteiger partial charge in [-0.3, -0.25) is 4.79 Å². The number of carbonyl (C=O) groups is 2. The number of methoxy groups -OCH3 is 1. The van der Waals surface area contributed by atoms with Crippen LogP contribution in [0.2, 0.25) is 0 Å². The quantitative estimate of drug-likeness (QED) is 0.811. The smallest absolute Gasteiger partial charge is 0.371 e.